The molecular weight excluding hydrogens is 436 g/mol. The number of carbonyl (C=O) groups is 3. The maximum Gasteiger partial charge on any atom is 0.261 e. The second kappa shape index (κ2) is 8.08. The fraction of sp³-hybridized carbons (Fsp3) is 0.318. The highest BCUT2D eigenvalue weighted by molar-refractivity contribution is 9.10. The molecule has 1 saturated heterocycles. The van der Waals surface area contributed by atoms with E-state index in [1.54, 1.807) is 12.1 Å². The quantitative estimate of drug-likeness (QED) is 0.695. The topological polar surface area (TPSA) is 75.7 Å². The third-order valence-electron chi connectivity index (χ3n) is 5.36. The second-order valence-electron chi connectivity index (χ2n) is 7.36. The molecule has 1 N–H and O–H groups in total. The van der Waals surface area contributed by atoms with Crippen LogP contribution in [0.5, 0.6) is 0 Å². The number of nitrogens with one attached hydrogen (secondary N) is 1. The zero-order valence-corrected chi connectivity index (χ0v) is 17.6. The standard InChI is InChI=1S/C22H21BrN2O4/c1-13(14-4-7-16(23)8-5-14)24-20(26)15-6-9-18-19(11-15)22(28)25(21(18)27)12-17-3-2-10-29-17/h4-9,11,13,17H,2-3,10,12H2,1H3,(H,24,26). The van der Waals surface area contributed by atoms with Crippen LogP contribution >= 0.6 is 15.9 Å². The highest BCUT2D eigenvalue weighted by atomic mass is 79.9. The molecule has 2 aromatic rings. The predicted molar refractivity (Wildman–Crippen MR) is 111 cm³/mol. The van der Waals surface area contributed by atoms with Gasteiger partial charge < -0.3 is 10.1 Å². The molecule has 0 aromatic heterocycles. The van der Waals surface area contributed by atoms with Crippen LogP contribution in [0.1, 0.15) is 62.4 Å². The first-order chi connectivity index (χ1) is 13.9. The van der Waals surface area contributed by atoms with E-state index in [9.17, 15) is 14.4 Å². The largest absolute Gasteiger partial charge is 0.376 e. The van der Waals surface area contributed by atoms with Crippen molar-refractivity contribution in [3.05, 3.63) is 69.2 Å². The molecule has 0 radical (unpaired) electrons. The third-order valence-corrected chi connectivity index (χ3v) is 5.89. The Hall–Kier alpha value is -2.51. The van der Waals surface area contributed by atoms with E-state index in [4.69, 9.17) is 4.74 Å². The summed E-state index contributed by atoms with van der Waals surface area (Å²) >= 11 is 3.39. The van der Waals surface area contributed by atoms with Crippen molar-refractivity contribution in [3.8, 4) is 0 Å². The van der Waals surface area contributed by atoms with Crippen molar-refractivity contribution in [2.75, 3.05) is 13.2 Å². The minimum absolute atomic E-state index is 0.105. The van der Waals surface area contributed by atoms with Crippen molar-refractivity contribution >= 4 is 33.7 Å². The molecular formula is C22H21BrN2O4. The minimum atomic E-state index is -0.365. The first-order valence-corrected chi connectivity index (χ1v) is 10.4. The summed E-state index contributed by atoms with van der Waals surface area (Å²) < 4.78 is 6.52. The predicted octanol–water partition coefficient (Wildman–Crippen LogP) is 3.72. The molecule has 29 heavy (non-hydrogen) atoms. The van der Waals surface area contributed by atoms with E-state index in [-0.39, 0.29) is 42.0 Å². The second-order valence-corrected chi connectivity index (χ2v) is 8.28. The summed E-state index contributed by atoms with van der Waals surface area (Å²) in [4.78, 5) is 39.3. The summed E-state index contributed by atoms with van der Waals surface area (Å²) in [5, 5.41) is 2.94. The van der Waals surface area contributed by atoms with Crippen molar-refractivity contribution in [3.63, 3.8) is 0 Å². The molecule has 2 heterocycles. The van der Waals surface area contributed by atoms with Gasteiger partial charge in [-0.1, -0.05) is 28.1 Å². The summed E-state index contributed by atoms with van der Waals surface area (Å²) in [5.74, 6) is -0.979. The number of fused-ring (bicyclic) bond motifs is 1. The number of rotatable bonds is 5. The molecule has 4 rings (SSSR count). The lowest BCUT2D eigenvalue weighted by Crippen LogP contribution is -2.36. The zero-order valence-electron chi connectivity index (χ0n) is 16.0. The number of amides is 3. The Morgan fingerprint density at radius 1 is 1.17 bits per heavy atom. The Labute approximate surface area is 177 Å². The molecule has 1 fully saturated rings. The van der Waals surface area contributed by atoms with Gasteiger partial charge in [-0.2, -0.15) is 0 Å². The number of benzene rings is 2. The van der Waals surface area contributed by atoms with E-state index in [2.05, 4.69) is 21.2 Å². The SMILES string of the molecule is CC(NC(=O)c1ccc2c(c1)C(=O)N(CC1CCCO1)C2=O)c1ccc(Br)cc1. The van der Waals surface area contributed by atoms with E-state index in [0.717, 1.165) is 22.9 Å². The van der Waals surface area contributed by atoms with Crippen LogP contribution in [0.2, 0.25) is 0 Å². The van der Waals surface area contributed by atoms with Gasteiger partial charge in [0.05, 0.1) is 29.8 Å². The molecule has 2 unspecified atom stereocenters. The number of halogens is 1. The van der Waals surface area contributed by atoms with Crippen LogP contribution in [0.15, 0.2) is 46.9 Å². The van der Waals surface area contributed by atoms with Gasteiger partial charge in [-0.3, -0.25) is 19.3 Å². The smallest absolute Gasteiger partial charge is 0.261 e. The molecule has 7 heteroatoms. The van der Waals surface area contributed by atoms with Gasteiger partial charge in [-0.15, -0.1) is 0 Å². The number of imide groups is 1. The summed E-state index contributed by atoms with van der Waals surface area (Å²) in [6.45, 7) is 2.82. The van der Waals surface area contributed by atoms with Gasteiger partial charge >= 0.3 is 0 Å². The maximum atomic E-state index is 12.8. The zero-order chi connectivity index (χ0) is 20.5. The molecule has 2 aliphatic heterocycles. The molecule has 0 saturated carbocycles. The van der Waals surface area contributed by atoms with Crippen molar-refractivity contribution in [2.24, 2.45) is 0 Å². The van der Waals surface area contributed by atoms with Gasteiger partial charge in [0.25, 0.3) is 17.7 Å². The summed E-state index contributed by atoms with van der Waals surface area (Å²) in [7, 11) is 0. The van der Waals surface area contributed by atoms with Crippen LogP contribution < -0.4 is 5.32 Å². The van der Waals surface area contributed by atoms with Gasteiger partial charge in [0, 0.05) is 16.6 Å². The van der Waals surface area contributed by atoms with Gasteiger partial charge in [0.1, 0.15) is 0 Å². The summed E-state index contributed by atoms with van der Waals surface area (Å²) in [6, 6.07) is 12.2. The van der Waals surface area contributed by atoms with Crippen LogP contribution in [-0.4, -0.2) is 41.9 Å². The molecule has 0 spiro atoms. The highest BCUT2D eigenvalue weighted by Crippen LogP contribution is 2.26. The Kier molecular flexibility index (Phi) is 5.52. The molecule has 150 valence electrons. The van der Waals surface area contributed by atoms with E-state index in [1.165, 1.54) is 11.0 Å². The fourth-order valence-electron chi connectivity index (χ4n) is 3.70. The Morgan fingerprint density at radius 3 is 2.59 bits per heavy atom. The van der Waals surface area contributed by atoms with Crippen LogP contribution in [0.25, 0.3) is 0 Å². The molecule has 6 nitrogen and oxygen atoms in total. The lowest BCUT2D eigenvalue weighted by atomic mass is 10.0. The van der Waals surface area contributed by atoms with Gasteiger partial charge in [0.15, 0.2) is 0 Å². The van der Waals surface area contributed by atoms with E-state index in [0.29, 0.717) is 17.7 Å². The van der Waals surface area contributed by atoms with E-state index >= 15 is 0 Å². The Bertz CT molecular complexity index is 967. The monoisotopic (exact) mass is 456 g/mol. The third kappa shape index (κ3) is 3.97. The minimum Gasteiger partial charge on any atom is -0.376 e. The molecule has 2 atom stereocenters. The normalized spacial score (nSPS) is 19.4. The van der Waals surface area contributed by atoms with Gasteiger partial charge in [0.2, 0.25) is 0 Å². The molecule has 0 aliphatic carbocycles. The molecule has 0 bridgehead atoms. The van der Waals surface area contributed by atoms with Crippen molar-refractivity contribution in [1.29, 1.82) is 0 Å². The van der Waals surface area contributed by atoms with Crippen LogP contribution in [0.3, 0.4) is 0 Å². The fourth-order valence-corrected chi connectivity index (χ4v) is 3.97. The first kappa shape index (κ1) is 19.8. The van der Waals surface area contributed by atoms with Crippen molar-refractivity contribution in [2.45, 2.75) is 31.9 Å². The number of carbonyl (C=O) groups excluding carboxylic acids is 3. The Balaban J connectivity index is 1.49. The van der Waals surface area contributed by atoms with Crippen LogP contribution in [0.4, 0.5) is 0 Å². The number of nitrogens with zero attached hydrogens (tertiary/aromatic N) is 1. The number of hydrogen-bond donors (Lipinski definition) is 1. The highest BCUT2D eigenvalue weighted by Gasteiger charge is 2.38. The van der Waals surface area contributed by atoms with Crippen LogP contribution in [0, 0.1) is 0 Å². The number of hydrogen-bond acceptors (Lipinski definition) is 4. The molecule has 2 aliphatic rings. The van der Waals surface area contributed by atoms with Crippen molar-refractivity contribution < 1.29 is 19.1 Å². The maximum absolute atomic E-state index is 12.8. The molecule has 3 amide bonds. The average molecular weight is 457 g/mol. The number of ether oxygens (including phenoxy) is 1. The van der Waals surface area contributed by atoms with Gasteiger partial charge in [-0.05, 0) is 55.7 Å². The van der Waals surface area contributed by atoms with Gasteiger partial charge in [-0.25, -0.2) is 0 Å². The lowest BCUT2D eigenvalue weighted by Gasteiger charge is -2.17. The molecule has 2 aromatic carbocycles. The van der Waals surface area contributed by atoms with Crippen molar-refractivity contribution in [1.82, 2.24) is 10.2 Å². The first-order valence-electron chi connectivity index (χ1n) is 9.62. The summed E-state index contributed by atoms with van der Waals surface area (Å²) in [5.41, 5.74) is 1.94. The Morgan fingerprint density at radius 2 is 1.90 bits per heavy atom. The van der Waals surface area contributed by atoms with E-state index < -0.39 is 0 Å². The summed E-state index contributed by atoms with van der Waals surface area (Å²) in [6.07, 6.45) is 1.68. The lowest BCUT2D eigenvalue weighted by molar-refractivity contribution is 0.0475. The van der Waals surface area contributed by atoms with E-state index in [1.807, 2.05) is 31.2 Å². The average Bonchev–Trinajstić information content (AvgIpc) is 3.31. The van der Waals surface area contributed by atoms with Crippen LogP contribution in [-0.2, 0) is 4.74 Å².